The molecule has 5 rings (SSSR count). The molecule has 0 radical (unpaired) electrons. The number of methoxy groups -OCH3 is 1. The van der Waals surface area contributed by atoms with Gasteiger partial charge in [-0.3, -0.25) is 14.3 Å². The number of hydrogen-bond donors (Lipinski definition) is 3. The van der Waals surface area contributed by atoms with E-state index in [0.717, 1.165) is 11.3 Å². The number of rotatable bonds is 12. The van der Waals surface area contributed by atoms with E-state index < -0.39 is 17.4 Å². The molecule has 2 amide bonds. The molecule has 43 heavy (non-hydrogen) atoms. The molecule has 4 aromatic rings. The summed E-state index contributed by atoms with van der Waals surface area (Å²) < 4.78 is 6.87. The van der Waals surface area contributed by atoms with Crippen LogP contribution in [0.15, 0.2) is 91.1 Å². The molecule has 2 atom stereocenters. The highest BCUT2D eigenvalue weighted by Gasteiger charge is 2.52. The number of aromatic nitrogens is 3. The molecule has 2 heterocycles. The molecule has 0 aliphatic carbocycles. The Balaban J connectivity index is 1.28. The Kier molecular flexibility index (Phi) is 8.98. The summed E-state index contributed by atoms with van der Waals surface area (Å²) in [4.78, 5) is 28.3. The van der Waals surface area contributed by atoms with Crippen molar-refractivity contribution in [3.8, 4) is 5.75 Å². The van der Waals surface area contributed by atoms with Gasteiger partial charge >= 0.3 is 0 Å². The molecule has 0 unspecified atom stereocenters. The highest BCUT2D eigenvalue weighted by molar-refractivity contribution is 6.07. The van der Waals surface area contributed by atoms with E-state index in [1.165, 1.54) is 0 Å². The smallest absolute Gasteiger partial charge is 0.264 e. The zero-order valence-electron chi connectivity index (χ0n) is 24.2. The van der Waals surface area contributed by atoms with Crippen LogP contribution in [0.25, 0.3) is 0 Å². The van der Waals surface area contributed by atoms with E-state index in [9.17, 15) is 14.7 Å². The number of nitrogens with zero attached hydrogens (tertiary/aromatic N) is 4. The summed E-state index contributed by atoms with van der Waals surface area (Å²) in [6.45, 7) is 2.66. The Hall–Kier alpha value is -4.80. The zero-order chi connectivity index (χ0) is 30.4. The Labute approximate surface area is 250 Å². The van der Waals surface area contributed by atoms with E-state index in [1.807, 2.05) is 55.5 Å². The summed E-state index contributed by atoms with van der Waals surface area (Å²) in [7, 11) is 1.57. The van der Waals surface area contributed by atoms with Crippen LogP contribution in [-0.4, -0.2) is 50.7 Å². The lowest BCUT2D eigenvalue weighted by Gasteiger charge is -2.27. The van der Waals surface area contributed by atoms with E-state index in [2.05, 4.69) is 15.6 Å². The average molecular weight is 582 g/mol. The van der Waals surface area contributed by atoms with Crippen LogP contribution >= 0.6 is 0 Å². The van der Waals surface area contributed by atoms with E-state index in [1.54, 1.807) is 59.3 Å². The predicted octanol–water partition coefficient (Wildman–Crippen LogP) is 4.09. The maximum atomic E-state index is 13.9. The van der Waals surface area contributed by atoms with Crippen LogP contribution in [0.4, 0.5) is 11.4 Å². The topological polar surface area (TPSA) is 130 Å². The average Bonchev–Trinajstić information content (AvgIpc) is 3.56. The van der Waals surface area contributed by atoms with Crippen LogP contribution in [0, 0.1) is 5.92 Å². The summed E-state index contributed by atoms with van der Waals surface area (Å²) in [6.07, 6.45) is 6.69. The van der Waals surface area contributed by atoms with Gasteiger partial charge in [0.25, 0.3) is 11.8 Å². The molecule has 0 spiro atoms. The van der Waals surface area contributed by atoms with Gasteiger partial charge in [-0.15, -0.1) is 5.10 Å². The van der Waals surface area contributed by atoms with Crippen molar-refractivity contribution >= 4 is 23.2 Å². The lowest BCUT2D eigenvalue weighted by Crippen LogP contribution is -2.44. The van der Waals surface area contributed by atoms with E-state index in [-0.39, 0.29) is 19.1 Å². The van der Waals surface area contributed by atoms with Gasteiger partial charge in [0.05, 0.1) is 25.0 Å². The summed E-state index contributed by atoms with van der Waals surface area (Å²) >= 11 is 0. The van der Waals surface area contributed by atoms with Gasteiger partial charge in [0, 0.05) is 48.5 Å². The Bertz CT molecular complexity index is 1620. The van der Waals surface area contributed by atoms with Gasteiger partial charge in [0.1, 0.15) is 5.75 Å². The van der Waals surface area contributed by atoms with Gasteiger partial charge in [0.15, 0.2) is 5.60 Å². The molecular weight excluding hydrogens is 546 g/mol. The third-order valence-electron chi connectivity index (χ3n) is 7.62. The number of fused-ring (bicyclic) bond motifs is 1. The molecule has 10 nitrogen and oxygen atoms in total. The second-order valence-corrected chi connectivity index (χ2v) is 10.5. The number of hydrogen-bond acceptors (Lipinski definition) is 7. The van der Waals surface area contributed by atoms with Crippen LogP contribution in [0.2, 0.25) is 0 Å². The number of para-hydroxylation sites is 1. The summed E-state index contributed by atoms with van der Waals surface area (Å²) in [5, 5.41) is 31.9. The number of aliphatic hydroxyl groups is 2. The number of nitrogens with one attached hydrogen (secondary N) is 1. The van der Waals surface area contributed by atoms with Crippen molar-refractivity contribution < 1.29 is 24.5 Å². The molecule has 1 aromatic heterocycles. The van der Waals surface area contributed by atoms with Crippen molar-refractivity contribution in [2.24, 2.45) is 5.92 Å². The first-order chi connectivity index (χ1) is 20.8. The molecule has 1 aliphatic heterocycles. The molecule has 0 saturated heterocycles. The lowest BCUT2D eigenvalue weighted by atomic mass is 9.83. The first-order valence-electron chi connectivity index (χ1n) is 14.2. The van der Waals surface area contributed by atoms with Crippen LogP contribution in [0.3, 0.4) is 0 Å². The van der Waals surface area contributed by atoms with Crippen molar-refractivity contribution in [2.75, 3.05) is 23.9 Å². The minimum Gasteiger partial charge on any atom is -0.497 e. The Morgan fingerprint density at radius 1 is 1.12 bits per heavy atom. The monoisotopic (exact) mass is 581 g/mol. The second-order valence-electron chi connectivity index (χ2n) is 10.5. The van der Waals surface area contributed by atoms with Gasteiger partial charge in [-0.05, 0) is 54.4 Å². The third-order valence-corrected chi connectivity index (χ3v) is 7.62. The lowest BCUT2D eigenvalue weighted by molar-refractivity contribution is -0.139. The third kappa shape index (κ3) is 6.35. The molecule has 3 aromatic carbocycles. The number of benzene rings is 3. The Morgan fingerprint density at radius 2 is 1.91 bits per heavy atom. The fourth-order valence-electron chi connectivity index (χ4n) is 5.26. The molecule has 0 bridgehead atoms. The maximum absolute atomic E-state index is 13.9. The van der Waals surface area contributed by atoms with Gasteiger partial charge in [-0.1, -0.05) is 54.6 Å². The van der Waals surface area contributed by atoms with Gasteiger partial charge in [-0.25, -0.2) is 0 Å². The summed E-state index contributed by atoms with van der Waals surface area (Å²) in [5.74, 6) is -0.490. The number of amides is 2. The van der Waals surface area contributed by atoms with Crippen LogP contribution in [-0.2, 0) is 29.9 Å². The minimum absolute atomic E-state index is 0.0216. The fourth-order valence-corrected chi connectivity index (χ4v) is 5.26. The number of carbonyl (C=O) groups excluding carboxylic acids is 2. The molecule has 1 aliphatic rings. The van der Waals surface area contributed by atoms with Crippen LogP contribution < -0.4 is 15.0 Å². The van der Waals surface area contributed by atoms with Gasteiger partial charge in [0.2, 0.25) is 0 Å². The maximum Gasteiger partial charge on any atom is 0.264 e. The first kappa shape index (κ1) is 29.7. The first-order valence-corrected chi connectivity index (χ1v) is 14.2. The molecule has 222 valence electrons. The molecule has 0 saturated carbocycles. The van der Waals surface area contributed by atoms with Crippen molar-refractivity contribution in [3.05, 3.63) is 114 Å². The van der Waals surface area contributed by atoms with Crippen molar-refractivity contribution in [1.29, 1.82) is 0 Å². The van der Waals surface area contributed by atoms with E-state index >= 15 is 0 Å². The second kappa shape index (κ2) is 13.0. The van der Waals surface area contributed by atoms with Crippen LogP contribution in [0.5, 0.6) is 5.75 Å². The quantitative estimate of drug-likeness (QED) is 0.215. The van der Waals surface area contributed by atoms with Gasteiger partial charge < -0.3 is 25.2 Å². The number of carbonyl (C=O) groups is 2. The number of ether oxygens (including phenoxy) is 1. The number of aryl methyl sites for hydroxylation is 1. The number of allylic oxidation sites excluding steroid dienone is 1. The Morgan fingerprint density at radius 3 is 2.67 bits per heavy atom. The molecular formula is C33H35N5O5. The molecule has 3 N–H and O–H groups in total. The largest absolute Gasteiger partial charge is 0.497 e. The van der Waals surface area contributed by atoms with E-state index in [0.29, 0.717) is 47.6 Å². The summed E-state index contributed by atoms with van der Waals surface area (Å²) in [5.41, 5.74) is 2.11. The predicted molar refractivity (Wildman–Crippen MR) is 163 cm³/mol. The van der Waals surface area contributed by atoms with Crippen LogP contribution in [0.1, 0.15) is 40.5 Å². The number of aliphatic hydroxyl groups excluding tert-OH is 1. The molecule has 10 heteroatoms. The molecule has 0 fully saturated rings. The van der Waals surface area contributed by atoms with E-state index in [4.69, 9.17) is 9.84 Å². The standard InChI is InChI=1S/C33H35N5O5/c1-23(8-5-6-18-37-22-27(17-19-39)35-36-37)33(42)29-11-3-4-12-30(29)38(32(33)41)21-24-9-7-10-26(20-24)34-31(40)25-13-15-28(43-2)16-14-25/h3-5,7-16,20,22-23,39,42H,6,17-19,21H2,1-2H3,(H,34,40)/b8-5+/t23-,33+/m1/s1. The normalized spacial score (nSPS) is 16.8. The fraction of sp³-hybridized carbons (Fsp3) is 0.273. The highest BCUT2D eigenvalue weighted by Crippen LogP contribution is 2.45. The zero-order valence-corrected chi connectivity index (χ0v) is 24.2. The minimum atomic E-state index is -1.73. The van der Waals surface area contributed by atoms with Crippen molar-refractivity contribution in [1.82, 2.24) is 15.0 Å². The SMILES string of the molecule is COc1ccc(C(=O)Nc2cccc(CN3C(=O)[C@](O)([C@H](C)/C=C/CCn4cc(CCO)nn4)c4ccccc43)c2)cc1. The van der Waals surface area contributed by atoms with Crippen molar-refractivity contribution in [2.45, 2.75) is 38.5 Å². The van der Waals surface area contributed by atoms with Crippen molar-refractivity contribution in [3.63, 3.8) is 0 Å². The number of anilines is 2. The summed E-state index contributed by atoms with van der Waals surface area (Å²) in [6, 6.07) is 21.5. The highest BCUT2D eigenvalue weighted by atomic mass is 16.5. The van der Waals surface area contributed by atoms with Gasteiger partial charge in [-0.2, -0.15) is 0 Å².